The Morgan fingerprint density at radius 1 is 1.29 bits per heavy atom. The number of amides is 2. The van der Waals surface area contributed by atoms with Crippen molar-refractivity contribution in [1.29, 1.82) is 0 Å². The first-order valence-corrected chi connectivity index (χ1v) is 7.81. The monoisotopic (exact) mass is 330 g/mol. The molecule has 0 aliphatic carbocycles. The van der Waals surface area contributed by atoms with Crippen molar-refractivity contribution >= 4 is 12.0 Å². The molecule has 0 aliphatic rings. The van der Waals surface area contributed by atoms with Crippen molar-refractivity contribution in [2.45, 2.75) is 31.8 Å². The van der Waals surface area contributed by atoms with E-state index in [4.69, 9.17) is 5.11 Å². The number of nitrogens with zero attached hydrogens (tertiary/aromatic N) is 2. The van der Waals surface area contributed by atoms with Crippen molar-refractivity contribution in [2.75, 3.05) is 0 Å². The summed E-state index contributed by atoms with van der Waals surface area (Å²) in [7, 11) is 1.85. The van der Waals surface area contributed by atoms with Crippen LogP contribution in [0.5, 0.6) is 0 Å². The fraction of sp³-hybridized carbons (Fsp3) is 0.353. The van der Waals surface area contributed by atoms with Gasteiger partial charge in [0.05, 0.1) is 6.54 Å². The number of carbonyl (C=O) groups excluding carboxylic acids is 1. The molecule has 2 rings (SSSR count). The molecule has 0 aliphatic heterocycles. The Kier molecular flexibility index (Phi) is 6.36. The van der Waals surface area contributed by atoms with Crippen LogP contribution in [0.2, 0.25) is 0 Å². The first-order chi connectivity index (χ1) is 11.5. The quantitative estimate of drug-likeness (QED) is 0.686. The number of carboxylic acids is 1. The number of aryl methyl sites for hydroxylation is 1. The second kappa shape index (κ2) is 8.71. The van der Waals surface area contributed by atoms with Crippen LogP contribution in [0.15, 0.2) is 42.7 Å². The lowest BCUT2D eigenvalue weighted by atomic mass is 10.0. The first kappa shape index (κ1) is 17.5. The predicted octanol–water partition coefficient (Wildman–Crippen LogP) is 1.70. The van der Waals surface area contributed by atoms with Crippen LogP contribution in [0.1, 0.15) is 24.2 Å². The molecule has 7 nitrogen and oxygen atoms in total. The third kappa shape index (κ3) is 5.75. The minimum Gasteiger partial charge on any atom is -0.481 e. The summed E-state index contributed by atoms with van der Waals surface area (Å²) in [6, 6.07) is 9.11. The number of urea groups is 1. The van der Waals surface area contributed by atoms with Crippen molar-refractivity contribution in [1.82, 2.24) is 20.2 Å². The van der Waals surface area contributed by atoms with E-state index < -0.39 is 5.97 Å². The van der Waals surface area contributed by atoms with Crippen LogP contribution in [0.3, 0.4) is 0 Å². The highest BCUT2D eigenvalue weighted by molar-refractivity contribution is 5.74. The molecule has 1 unspecified atom stereocenters. The molecule has 128 valence electrons. The van der Waals surface area contributed by atoms with Gasteiger partial charge in [0.15, 0.2) is 0 Å². The zero-order valence-corrected chi connectivity index (χ0v) is 13.6. The number of hydrogen-bond donors (Lipinski definition) is 3. The summed E-state index contributed by atoms with van der Waals surface area (Å²) < 4.78 is 1.83. The zero-order valence-electron chi connectivity index (χ0n) is 13.6. The average molecular weight is 330 g/mol. The summed E-state index contributed by atoms with van der Waals surface area (Å²) in [6.45, 7) is 0.312. The summed E-state index contributed by atoms with van der Waals surface area (Å²) in [5.41, 5.74) is 1.05. The molecule has 3 N–H and O–H groups in total. The van der Waals surface area contributed by atoms with Gasteiger partial charge in [0.1, 0.15) is 5.82 Å². The predicted molar refractivity (Wildman–Crippen MR) is 89.4 cm³/mol. The Morgan fingerprint density at radius 2 is 2.04 bits per heavy atom. The standard InChI is InChI=1S/C17H22N4O3/c1-21-10-9-18-15(21)12-19-17(24)20-14(7-8-16(22)23)11-13-5-3-2-4-6-13/h2-6,9-10,14H,7-8,11-12H2,1H3,(H,22,23)(H2,19,20,24). The van der Waals surface area contributed by atoms with Crippen molar-refractivity contribution in [3.8, 4) is 0 Å². The van der Waals surface area contributed by atoms with Crippen LogP contribution in [-0.4, -0.2) is 32.7 Å². The normalized spacial score (nSPS) is 11.7. The summed E-state index contributed by atoms with van der Waals surface area (Å²) in [4.78, 5) is 27.0. The van der Waals surface area contributed by atoms with Crippen molar-refractivity contribution in [3.63, 3.8) is 0 Å². The van der Waals surface area contributed by atoms with E-state index in [1.54, 1.807) is 12.4 Å². The minimum atomic E-state index is -0.872. The topological polar surface area (TPSA) is 96.3 Å². The SMILES string of the molecule is Cn1ccnc1CNC(=O)NC(CCC(=O)O)Cc1ccccc1. The van der Waals surface area contributed by atoms with Gasteiger partial charge in [-0.3, -0.25) is 4.79 Å². The molecule has 0 saturated carbocycles. The van der Waals surface area contributed by atoms with Crippen LogP contribution in [-0.2, 0) is 24.8 Å². The lowest BCUT2D eigenvalue weighted by molar-refractivity contribution is -0.137. The van der Waals surface area contributed by atoms with E-state index in [2.05, 4.69) is 15.6 Å². The van der Waals surface area contributed by atoms with Gasteiger partial charge >= 0.3 is 12.0 Å². The van der Waals surface area contributed by atoms with Gasteiger partial charge in [-0.15, -0.1) is 0 Å². The number of rotatable bonds is 8. The number of carboxylic acid groups (broad SMARTS) is 1. The number of hydrogen-bond acceptors (Lipinski definition) is 3. The molecule has 0 bridgehead atoms. The van der Waals surface area contributed by atoms with Gasteiger partial charge in [-0.05, 0) is 18.4 Å². The molecular formula is C17H22N4O3. The summed E-state index contributed by atoms with van der Waals surface area (Å²) in [5.74, 6) is -0.126. The van der Waals surface area contributed by atoms with E-state index in [0.717, 1.165) is 11.4 Å². The van der Waals surface area contributed by atoms with E-state index in [9.17, 15) is 9.59 Å². The molecule has 1 atom stereocenters. The van der Waals surface area contributed by atoms with Gasteiger partial charge in [-0.25, -0.2) is 9.78 Å². The Bertz CT molecular complexity index is 669. The molecule has 0 radical (unpaired) electrons. The van der Waals surface area contributed by atoms with E-state index in [1.807, 2.05) is 41.9 Å². The fourth-order valence-electron chi connectivity index (χ4n) is 2.38. The van der Waals surface area contributed by atoms with Crippen molar-refractivity contribution in [3.05, 3.63) is 54.1 Å². The van der Waals surface area contributed by atoms with Crippen LogP contribution < -0.4 is 10.6 Å². The van der Waals surface area contributed by atoms with Gasteiger partial charge in [0, 0.05) is 31.9 Å². The zero-order chi connectivity index (χ0) is 17.4. The highest BCUT2D eigenvalue weighted by Crippen LogP contribution is 2.08. The molecule has 0 spiro atoms. The number of nitrogens with one attached hydrogen (secondary N) is 2. The number of imidazole rings is 1. The Hall–Kier alpha value is -2.83. The summed E-state index contributed by atoms with van der Waals surface area (Å²) >= 11 is 0. The number of benzene rings is 1. The molecular weight excluding hydrogens is 308 g/mol. The van der Waals surface area contributed by atoms with E-state index in [1.165, 1.54) is 0 Å². The Morgan fingerprint density at radius 3 is 2.67 bits per heavy atom. The smallest absolute Gasteiger partial charge is 0.315 e. The van der Waals surface area contributed by atoms with Gasteiger partial charge in [-0.1, -0.05) is 30.3 Å². The van der Waals surface area contributed by atoms with Crippen LogP contribution in [0.4, 0.5) is 4.79 Å². The third-order valence-electron chi connectivity index (χ3n) is 3.69. The summed E-state index contributed by atoms with van der Waals surface area (Å²) in [6.07, 6.45) is 4.45. The molecule has 7 heteroatoms. The molecule has 1 heterocycles. The van der Waals surface area contributed by atoms with Gasteiger partial charge in [0.2, 0.25) is 0 Å². The maximum atomic E-state index is 12.1. The maximum absolute atomic E-state index is 12.1. The Labute approximate surface area is 140 Å². The van der Waals surface area contributed by atoms with Crippen LogP contribution in [0.25, 0.3) is 0 Å². The molecule has 2 amide bonds. The molecule has 2 aromatic rings. The second-order valence-corrected chi connectivity index (χ2v) is 5.60. The van der Waals surface area contributed by atoms with Crippen LogP contribution in [0, 0.1) is 0 Å². The molecule has 0 saturated heterocycles. The number of aromatic nitrogens is 2. The van der Waals surface area contributed by atoms with Crippen molar-refractivity contribution < 1.29 is 14.7 Å². The van der Waals surface area contributed by atoms with Crippen LogP contribution >= 0.6 is 0 Å². The maximum Gasteiger partial charge on any atom is 0.315 e. The minimum absolute atomic E-state index is 0.0111. The van der Waals surface area contributed by atoms with Gasteiger partial charge in [0.25, 0.3) is 0 Å². The molecule has 24 heavy (non-hydrogen) atoms. The van der Waals surface area contributed by atoms with Gasteiger partial charge < -0.3 is 20.3 Å². The second-order valence-electron chi connectivity index (χ2n) is 5.60. The van der Waals surface area contributed by atoms with Crippen molar-refractivity contribution in [2.24, 2.45) is 7.05 Å². The van der Waals surface area contributed by atoms with E-state index >= 15 is 0 Å². The summed E-state index contributed by atoms with van der Waals surface area (Å²) in [5, 5.41) is 14.5. The first-order valence-electron chi connectivity index (χ1n) is 7.81. The Balaban J connectivity index is 1.89. The largest absolute Gasteiger partial charge is 0.481 e. The van der Waals surface area contributed by atoms with Gasteiger partial charge in [-0.2, -0.15) is 0 Å². The lowest BCUT2D eigenvalue weighted by Crippen LogP contribution is -2.43. The van der Waals surface area contributed by atoms with E-state index in [0.29, 0.717) is 19.4 Å². The molecule has 1 aromatic heterocycles. The lowest BCUT2D eigenvalue weighted by Gasteiger charge is -2.18. The fourth-order valence-corrected chi connectivity index (χ4v) is 2.38. The van der Waals surface area contributed by atoms with E-state index in [-0.39, 0.29) is 18.5 Å². The molecule has 1 aromatic carbocycles. The highest BCUT2D eigenvalue weighted by atomic mass is 16.4. The highest BCUT2D eigenvalue weighted by Gasteiger charge is 2.15. The number of carbonyl (C=O) groups is 2. The molecule has 0 fully saturated rings. The average Bonchev–Trinajstić information content (AvgIpc) is 2.97. The third-order valence-corrected chi connectivity index (χ3v) is 3.69. The number of aliphatic carboxylic acids is 1.